The third kappa shape index (κ3) is 4.99. The Morgan fingerprint density at radius 2 is 1.62 bits per heavy atom. The number of aromatic hydroxyl groups is 1. The van der Waals surface area contributed by atoms with Crippen LogP contribution in [0.25, 0.3) is 12.2 Å². The number of phenols is 1. The number of ether oxygens (including phenoxy) is 2. The highest BCUT2D eigenvalue weighted by Crippen LogP contribution is 2.55. The van der Waals surface area contributed by atoms with Gasteiger partial charge in [0, 0.05) is 28.2 Å². The van der Waals surface area contributed by atoms with Crippen molar-refractivity contribution in [2.45, 2.75) is 32.6 Å². The second-order valence-electron chi connectivity index (χ2n) is 12.8. The number of amides is 2. The van der Waals surface area contributed by atoms with Crippen LogP contribution in [-0.2, 0) is 19.2 Å². The van der Waals surface area contributed by atoms with E-state index in [1.54, 1.807) is 52.3 Å². The minimum absolute atomic E-state index is 0.133. The molecule has 2 amide bonds. The Balaban J connectivity index is 1.21. The number of nitrogens with zero attached hydrogens (tertiary/aromatic N) is 1. The first-order valence-electron chi connectivity index (χ1n) is 16.0. The number of allylic oxidation sites excluding steroid dienone is 6. The van der Waals surface area contributed by atoms with E-state index in [2.05, 4.69) is 0 Å². The van der Waals surface area contributed by atoms with Crippen molar-refractivity contribution in [2.24, 2.45) is 17.8 Å². The van der Waals surface area contributed by atoms with Gasteiger partial charge in [0.1, 0.15) is 17.2 Å². The average molecular weight is 642 g/mol. The molecule has 4 atom stereocenters. The van der Waals surface area contributed by atoms with E-state index in [0.717, 1.165) is 22.3 Å². The molecule has 0 bridgehead atoms. The van der Waals surface area contributed by atoms with Gasteiger partial charge in [-0.25, -0.2) is 0 Å². The monoisotopic (exact) mass is 641 g/mol. The van der Waals surface area contributed by atoms with E-state index in [9.17, 15) is 24.3 Å². The second-order valence-corrected chi connectivity index (χ2v) is 12.8. The first kappa shape index (κ1) is 31.1. The fourth-order valence-electron chi connectivity index (χ4n) is 7.76. The van der Waals surface area contributed by atoms with Crippen LogP contribution in [0.4, 0.5) is 5.69 Å². The molecule has 3 aliphatic carbocycles. The number of hydrogen-bond acceptors (Lipinski definition) is 7. The van der Waals surface area contributed by atoms with E-state index < -0.39 is 23.7 Å². The smallest absolute Gasteiger partial charge is 0.238 e. The summed E-state index contributed by atoms with van der Waals surface area (Å²) in [5.41, 5.74) is 5.71. The molecule has 242 valence electrons. The first-order chi connectivity index (χ1) is 23.1. The van der Waals surface area contributed by atoms with Gasteiger partial charge in [0.15, 0.2) is 11.6 Å². The topological polar surface area (TPSA) is 110 Å². The highest BCUT2D eigenvalue weighted by atomic mass is 16.5. The van der Waals surface area contributed by atoms with Crippen LogP contribution >= 0.6 is 0 Å². The third-order valence-corrected chi connectivity index (χ3v) is 10.2. The number of aryl methyl sites for hydroxylation is 1. The van der Waals surface area contributed by atoms with Crippen molar-refractivity contribution in [3.05, 3.63) is 117 Å². The fraction of sp³-hybridized carbons (Fsp3) is 0.250. The Morgan fingerprint density at radius 3 is 2.33 bits per heavy atom. The van der Waals surface area contributed by atoms with Crippen molar-refractivity contribution in [3.8, 4) is 17.2 Å². The lowest BCUT2D eigenvalue weighted by atomic mass is 9.59. The standard InChI is InChI=1S/C40H35NO7/c1-21-17-25(9-15-32(21)42)35-28-13-14-29-36(30(28)20-31-37(35)33(43)18-22(2)38(31)44)40(46)41(39(29)45)26-10-6-23(7-11-26)5-8-24-19-27(47-3)12-16-34(24)48-4/h5-13,15-19,29-30,35-36,42H,14,20H2,1-4H3. The zero-order valence-corrected chi connectivity index (χ0v) is 27.2. The fourth-order valence-corrected chi connectivity index (χ4v) is 7.76. The van der Waals surface area contributed by atoms with Crippen molar-refractivity contribution >= 4 is 41.2 Å². The Hall–Kier alpha value is -5.50. The molecule has 0 saturated carbocycles. The minimum atomic E-state index is -0.665. The number of Topliss-reactive ketones (excluding diaryl/α,β-unsaturated/α-hetero) is 1. The number of ketones is 2. The van der Waals surface area contributed by atoms with Gasteiger partial charge in [0.2, 0.25) is 11.8 Å². The molecule has 8 nitrogen and oxygen atoms in total. The van der Waals surface area contributed by atoms with E-state index in [1.165, 1.54) is 11.0 Å². The number of imide groups is 1. The van der Waals surface area contributed by atoms with Gasteiger partial charge in [-0.15, -0.1) is 0 Å². The molecule has 0 radical (unpaired) electrons. The number of anilines is 1. The number of rotatable bonds is 6. The minimum Gasteiger partial charge on any atom is -0.508 e. The molecule has 8 heteroatoms. The number of carbonyl (C=O) groups is 4. The van der Waals surface area contributed by atoms with Gasteiger partial charge in [-0.05, 0) is 91.8 Å². The van der Waals surface area contributed by atoms with Gasteiger partial charge in [-0.2, -0.15) is 0 Å². The number of phenolic OH excluding ortho intramolecular Hbond substituents is 1. The molecule has 4 aliphatic rings. The number of benzene rings is 3. The molecule has 1 N–H and O–H groups in total. The summed E-state index contributed by atoms with van der Waals surface area (Å²) in [5, 5.41) is 10.2. The molecule has 7 rings (SSSR count). The predicted molar refractivity (Wildman–Crippen MR) is 182 cm³/mol. The van der Waals surface area contributed by atoms with Crippen molar-refractivity contribution in [1.29, 1.82) is 0 Å². The van der Waals surface area contributed by atoms with Crippen LogP contribution in [0.3, 0.4) is 0 Å². The van der Waals surface area contributed by atoms with E-state index in [-0.39, 0.29) is 35.6 Å². The van der Waals surface area contributed by atoms with E-state index in [0.29, 0.717) is 45.9 Å². The van der Waals surface area contributed by atoms with Crippen LogP contribution in [0, 0.1) is 24.7 Å². The lowest BCUT2D eigenvalue weighted by molar-refractivity contribution is -0.123. The molecular weight excluding hydrogens is 606 g/mol. The van der Waals surface area contributed by atoms with Crippen LogP contribution < -0.4 is 14.4 Å². The van der Waals surface area contributed by atoms with Crippen molar-refractivity contribution in [1.82, 2.24) is 0 Å². The Bertz CT molecular complexity index is 2030. The van der Waals surface area contributed by atoms with Crippen LogP contribution in [0.1, 0.15) is 47.9 Å². The summed E-state index contributed by atoms with van der Waals surface area (Å²) < 4.78 is 10.8. The summed E-state index contributed by atoms with van der Waals surface area (Å²) in [6, 6.07) is 18.0. The molecule has 1 saturated heterocycles. The highest BCUT2D eigenvalue weighted by molar-refractivity contribution is 6.25. The normalized spacial score (nSPS) is 23.5. The zero-order valence-electron chi connectivity index (χ0n) is 27.2. The Kier molecular flexibility index (Phi) is 7.74. The highest BCUT2D eigenvalue weighted by Gasteiger charge is 2.56. The van der Waals surface area contributed by atoms with E-state index in [1.807, 2.05) is 54.6 Å². The summed E-state index contributed by atoms with van der Waals surface area (Å²) in [6.07, 6.45) is 7.80. The van der Waals surface area contributed by atoms with Crippen LogP contribution in [-0.4, -0.2) is 42.7 Å². The van der Waals surface area contributed by atoms with Gasteiger partial charge in [-0.1, -0.05) is 48.1 Å². The molecule has 0 aromatic heterocycles. The average Bonchev–Trinajstić information content (AvgIpc) is 3.35. The molecule has 1 aliphatic heterocycles. The molecular formula is C40H35NO7. The molecule has 3 aromatic rings. The Morgan fingerprint density at radius 1 is 0.854 bits per heavy atom. The lowest BCUT2D eigenvalue weighted by Gasteiger charge is -2.42. The molecule has 4 unspecified atom stereocenters. The van der Waals surface area contributed by atoms with Crippen molar-refractivity contribution in [2.75, 3.05) is 19.1 Å². The predicted octanol–water partition coefficient (Wildman–Crippen LogP) is 6.52. The number of carbonyl (C=O) groups excluding carboxylic acids is 4. The SMILES string of the molecule is COc1ccc(OC)c(C=Cc2ccc(N3C(=O)C4CC=C5C(c6ccc(O)c(C)c6)C6=C(CC5C4C3=O)C(=O)C(C)=CC6=O)cc2)c1. The van der Waals surface area contributed by atoms with Gasteiger partial charge < -0.3 is 14.6 Å². The summed E-state index contributed by atoms with van der Waals surface area (Å²) in [4.78, 5) is 56.5. The summed E-state index contributed by atoms with van der Waals surface area (Å²) >= 11 is 0. The molecule has 1 heterocycles. The summed E-state index contributed by atoms with van der Waals surface area (Å²) in [6.45, 7) is 3.42. The summed E-state index contributed by atoms with van der Waals surface area (Å²) in [5.74, 6) is -1.64. The maximum Gasteiger partial charge on any atom is 0.238 e. The van der Waals surface area contributed by atoms with Gasteiger partial charge >= 0.3 is 0 Å². The number of fused-ring (bicyclic) bond motifs is 3. The zero-order chi connectivity index (χ0) is 33.9. The summed E-state index contributed by atoms with van der Waals surface area (Å²) in [7, 11) is 3.21. The van der Waals surface area contributed by atoms with Gasteiger partial charge in [0.25, 0.3) is 0 Å². The lowest BCUT2D eigenvalue weighted by Crippen LogP contribution is -2.39. The van der Waals surface area contributed by atoms with E-state index in [4.69, 9.17) is 9.47 Å². The third-order valence-electron chi connectivity index (χ3n) is 10.2. The number of hydrogen-bond donors (Lipinski definition) is 1. The van der Waals surface area contributed by atoms with Crippen LogP contribution in [0.15, 0.2) is 95.1 Å². The quantitative estimate of drug-likeness (QED) is 0.141. The van der Waals surface area contributed by atoms with Crippen LogP contribution in [0.5, 0.6) is 17.2 Å². The molecule has 3 aromatic carbocycles. The Labute approximate surface area is 278 Å². The van der Waals surface area contributed by atoms with Crippen LogP contribution in [0.2, 0.25) is 0 Å². The van der Waals surface area contributed by atoms with Gasteiger partial charge in [-0.3, -0.25) is 24.1 Å². The molecule has 0 spiro atoms. The maximum atomic E-state index is 14.3. The van der Waals surface area contributed by atoms with Crippen molar-refractivity contribution in [3.63, 3.8) is 0 Å². The maximum absolute atomic E-state index is 14.3. The second kappa shape index (κ2) is 11.9. The first-order valence-corrected chi connectivity index (χ1v) is 16.0. The van der Waals surface area contributed by atoms with Crippen molar-refractivity contribution < 1.29 is 33.8 Å². The van der Waals surface area contributed by atoms with E-state index >= 15 is 0 Å². The van der Waals surface area contributed by atoms with Gasteiger partial charge in [0.05, 0.1) is 31.7 Å². The number of methoxy groups -OCH3 is 2. The molecule has 1 fully saturated rings. The molecule has 48 heavy (non-hydrogen) atoms. The largest absolute Gasteiger partial charge is 0.508 e.